The van der Waals surface area contributed by atoms with Crippen molar-refractivity contribution >= 4 is 11.8 Å². The smallest absolute Gasteiger partial charge is 0.0172 e. The summed E-state index contributed by atoms with van der Waals surface area (Å²) in [5, 5.41) is 4.63. The molecule has 1 unspecified atom stereocenters. The predicted molar refractivity (Wildman–Crippen MR) is 74.1 cm³/mol. The first-order valence-electron chi connectivity index (χ1n) is 7.17. The summed E-state index contributed by atoms with van der Waals surface area (Å²) in [6, 6.07) is 0. The molecule has 1 nitrogen and oxygen atoms in total. The minimum absolute atomic E-state index is 0.913. The van der Waals surface area contributed by atoms with Crippen molar-refractivity contribution in [3.63, 3.8) is 0 Å². The Morgan fingerprint density at radius 1 is 1.00 bits per heavy atom. The van der Waals surface area contributed by atoms with Crippen LogP contribution in [0.5, 0.6) is 0 Å². The summed E-state index contributed by atoms with van der Waals surface area (Å²) in [4.78, 5) is 0. The van der Waals surface area contributed by atoms with E-state index in [0.717, 1.165) is 17.1 Å². The second-order valence-electron chi connectivity index (χ2n) is 5.77. The maximum atomic E-state index is 3.72. The van der Waals surface area contributed by atoms with Crippen molar-refractivity contribution in [2.24, 2.45) is 11.8 Å². The van der Waals surface area contributed by atoms with Crippen LogP contribution in [0.25, 0.3) is 0 Å². The Morgan fingerprint density at radius 2 is 1.81 bits per heavy atom. The first kappa shape index (κ1) is 12.8. The van der Waals surface area contributed by atoms with E-state index in [0.29, 0.717) is 0 Å². The average Bonchev–Trinajstić information content (AvgIpc) is 2.33. The molecule has 1 N–H and O–H groups in total. The molecule has 94 valence electrons. The van der Waals surface area contributed by atoms with Crippen molar-refractivity contribution in [2.45, 2.75) is 57.1 Å². The van der Waals surface area contributed by atoms with E-state index >= 15 is 0 Å². The summed E-state index contributed by atoms with van der Waals surface area (Å²) in [7, 11) is 0. The highest BCUT2D eigenvalue weighted by Crippen LogP contribution is 2.28. The molecule has 2 aliphatic rings. The highest BCUT2D eigenvalue weighted by molar-refractivity contribution is 7.99. The topological polar surface area (TPSA) is 12.0 Å². The molecule has 2 fully saturated rings. The quantitative estimate of drug-likeness (QED) is 0.805. The van der Waals surface area contributed by atoms with E-state index in [4.69, 9.17) is 0 Å². The number of nitrogens with one attached hydrogen (secondary N) is 1. The lowest BCUT2D eigenvalue weighted by Crippen LogP contribution is -2.32. The lowest BCUT2D eigenvalue weighted by Gasteiger charge is -2.27. The molecule has 0 bridgehead atoms. The van der Waals surface area contributed by atoms with E-state index in [9.17, 15) is 0 Å². The Hall–Kier alpha value is 0.310. The fourth-order valence-corrected chi connectivity index (χ4v) is 4.22. The molecule has 1 saturated carbocycles. The van der Waals surface area contributed by atoms with Gasteiger partial charge in [0.1, 0.15) is 0 Å². The predicted octanol–water partition coefficient (Wildman–Crippen LogP) is 3.69. The summed E-state index contributed by atoms with van der Waals surface area (Å²) in [5.41, 5.74) is 0. The van der Waals surface area contributed by atoms with Gasteiger partial charge in [0.2, 0.25) is 0 Å². The van der Waals surface area contributed by atoms with Crippen LogP contribution >= 0.6 is 11.8 Å². The van der Waals surface area contributed by atoms with Crippen LogP contribution in [0.3, 0.4) is 0 Å². The summed E-state index contributed by atoms with van der Waals surface area (Å²) in [5.74, 6) is 3.36. The van der Waals surface area contributed by atoms with E-state index < -0.39 is 0 Å². The standard InChI is InChI=1S/C14H27NS/c1-12-5-7-13(8-6-12)10-15-11-14-4-2-3-9-16-14/h12-15H,2-11H2,1H3. The third-order valence-corrected chi connectivity index (χ3v) is 5.61. The van der Waals surface area contributed by atoms with Gasteiger partial charge in [-0.05, 0) is 49.8 Å². The molecule has 16 heavy (non-hydrogen) atoms. The van der Waals surface area contributed by atoms with E-state index in [2.05, 4.69) is 24.0 Å². The molecular formula is C14H27NS. The van der Waals surface area contributed by atoms with Crippen LogP contribution in [0.1, 0.15) is 51.9 Å². The fourth-order valence-electron chi connectivity index (χ4n) is 2.95. The lowest BCUT2D eigenvalue weighted by molar-refractivity contribution is 0.282. The fraction of sp³-hybridized carbons (Fsp3) is 1.00. The molecule has 1 aliphatic carbocycles. The van der Waals surface area contributed by atoms with Crippen LogP contribution in [-0.2, 0) is 0 Å². The van der Waals surface area contributed by atoms with E-state index in [-0.39, 0.29) is 0 Å². The Balaban J connectivity index is 1.53. The van der Waals surface area contributed by atoms with Gasteiger partial charge in [0.05, 0.1) is 0 Å². The van der Waals surface area contributed by atoms with Crippen molar-refractivity contribution in [1.29, 1.82) is 0 Å². The number of hydrogen-bond donors (Lipinski definition) is 1. The molecular weight excluding hydrogens is 214 g/mol. The van der Waals surface area contributed by atoms with Crippen LogP contribution in [0.4, 0.5) is 0 Å². The molecule has 0 amide bonds. The van der Waals surface area contributed by atoms with Gasteiger partial charge in [0, 0.05) is 11.8 Å². The molecule has 2 rings (SSSR count). The zero-order chi connectivity index (χ0) is 11.2. The highest BCUT2D eigenvalue weighted by Gasteiger charge is 2.18. The van der Waals surface area contributed by atoms with Crippen LogP contribution in [0.2, 0.25) is 0 Å². The Labute approximate surface area is 105 Å². The van der Waals surface area contributed by atoms with Crippen LogP contribution in [0, 0.1) is 11.8 Å². The maximum Gasteiger partial charge on any atom is 0.0172 e. The van der Waals surface area contributed by atoms with Crippen molar-refractivity contribution in [1.82, 2.24) is 5.32 Å². The molecule has 0 spiro atoms. The molecule has 0 aromatic carbocycles. The first-order chi connectivity index (χ1) is 7.84. The monoisotopic (exact) mass is 241 g/mol. The molecule has 1 heterocycles. The minimum atomic E-state index is 0.913. The Bertz CT molecular complexity index is 181. The summed E-state index contributed by atoms with van der Waals surface area (Å²) < 4.78 is 0. The van der Waals surface area contributed by atoms with Crippen molar-refractivity contribution in [3.05, 3.63) is 0 Å². The van der Waals surface area contributed by atoms with Gasteiger partial charge in [-0.2, -0.15) is 11.8 Å². The van der Waals surface area contributed by atoms with Gasteiger partial charge in [-0.3, -0.25) is 0 Å². The summed E-state index contributed by atoms with van der Waals surface area (Å²) in [6.07, 6.45) is 10.2. The Morgan fingerprint density at radius 3 is 2.50 bits per heavy atom. The van der Waals surface area contributed by atoms with Crippen LogP contribution < -0.4 is 5.32 Å². The molecule has 0 aromatic heterocycles. The molecule has 0 radical (unpaired) electrons. The zero-order valence-electron chi connectivity index (χ0n) is 10.7. The van der Waals surface area contributed by atoms with Crippen molar-refractivity contribution in [3.8, 4) is 0 Å². The highest BCUT2D eigenvalue weighted by atomic mass is 32.2. The van der Waals surface area contributed by atoms with Gasteiger partial charge in [0.15, 0.2) is 0 Å². The molecule has 1 atom stereocenters. The average molecular weight is 241 g/mol. The Kier molecular flexibility index (Phi) is 5.51. The van der Waals surface area contributed by atoms with Gasteiger partial charge < -0.3 is 5.32 Å². The van der Waals surface area contributed by atoms with E-state index in [1.54, 1.807) is 0 Å². The number of rotatable bonds is 4. The third kappa shape index (κ3) is 4.29. The normalized spacial score (nSPS) is 36.2. The number of hydrogen-bond acceptors (Lipinski definition) is 2. The van der Waals surface area contributed by atoms with Gasteiger partial charge >= 0.3 is 0 Å². The largest absolute Gasteiger partial charge is 0.315 e. The SMILES string of the molecule is CC1CCC(CNCC2CCCCS2)CC1. The van der Waals surface area contributed by atoms with Gasteiger partial charge in [-0.25, -0.2) is 0 Å². The van der Waals surface area contributed by atoms with Gasteiger partial charge in [0.25, 0.3) is 0 Å². The maximum absolute atomic E-state index is 3.72. The second kappa shape index (κ2) is 6.90. The zero-order valence-corrected chi connectivity index (χ0v) is 11.5. The molecule has 1 saturated heterocycles. The summed E-state index contributed by atoms with van der Waals surface area (Å²) in [6.45, 7) is 4.95. The molecule has 2 heteroatoms. The molecule has 0 aromatic rings. The summed E-state index contributed by atoms with van der Waals surface area (Å²) >= 11 is 2.19. The minimum Gasteiger partial charge on any atom is -0.315 e. The first-order valence-corrected chi connectivity index (χ1v) is 8.22. The van der Waals surface area contributed by atoms with Crippen LogP contribution in [0.15, 0.2) is 0 Å². The van der Waals surface area contributed by atoms with E-state index in [1.807, 2.05) is 0 Å². The molecule has 1 aliphatic heterocycles. The lowest BCUT2D eigenvalue weighted by atomic mass is 9.83. The van der Waals surface area contributed by atoms with Crippen molar-refractivity contribution < 1.29 is 0 Å². The van der Waals surface area contributed by atoms with Gasteiger partial charge in [-0.1, -0.05) is 26.2 Å². The second-order valence-corrected chi connectivity index (χ2v) is 7.18. The van der Waals surface area contributed by atoms with E-state index in [1.165, 1.54) is 63.8 Å². The van der Waals surface area contributed by atoms with Crippen molar-refractivity contribution in [2.75, 3.05) is 18.8 Å². The third-order valence-electron chi connectivity index (χ3n) is 4.21. The number of thioether (sulfide) groups is 1. The van der Waals surface area contributed by atoms with Gasteiger partial charge in [-0.15, -0.1) is 0 Å². The van der Waals surface area contributed by atoms with Crippen LogP contribution in [-0.4, -0.2) is 24.1 Å².